The summed E-state index contributed by atoms with van der Waals surface area (Å²) >= 11 is 0. The van der Waals surface area contributed by atoms with E-state index in [-0.39, 0.29) is 12.1 Å². The van der Waals surface area contributed by atoms with Crippen molar-refractivity contribution >= 4 is 14.2 Å². The van der Waals surface area contributed by atoms with Gasteiger partial charge in [0.05, 0.1) is 0 Å². The number of nitrogens with zero attached hydrogens (tertiary/aromatic N) is 1. The highest BCUT2D eigenvalue weighted by atomic mass is 28.3. The zero-order valence-electron chi connectivity index (χ0n) is 13.9. The molecule has 1 unspecified atom stereocenters. The van der Waals surface area contributed by atoms with Crippen LogP contribution >= 0.6 is 0 Å². The zero-order valence-corrected chi connectivity index (χ0v) is 14.9. The molecule has 0 saturated carbocycles. The number of hydrogen-bond acceptors (Lipinski definition) is 2. The first-order chi connectivity index (χ1) is 9.08. The van der Waals surface area contributed by atoms with Crippen molar-refractivity contribution in [1.29, 1.82) is 0 Å². The molecule has 0 aromatic carbocycles. The molecule has 1 atom stereocenters. The van der Waals surface area contributed by atoms with Crippen LogP contribution in [0.2, 0.25) is 19.6 Å². The van der Waals surface area contributed by atoms with Gasteiger partial charge in [0, 0.05) is 19.0 Å². The highest BCUT2D eigenvalue weighted by Gasteiger charge is 2.29. The van der Waals surface area contributed by atoms with Crippen LogP contribution in [0.3, 0.4) is 0 Å². The Bertz CT molecular complexity index is 395. The van der Waals surface area contributed by atoms with Gasteiger partial charge in [-0.3, -0.25) is 0 Å². The molecule has 0 bridgehead atoms. The Hall–Kier alpha value is -0.953. The van der Waals surface area contributed by atoms with Crippen LogP contribution in [0.1, 0.15) is 46.5 Å². The minimum Gasteiger partial charge on any atom is -0.444 e. The third-order valence-electron chi connectivity index (χ3n) is 3.06. The van der Waals surface area contributed by atoms with E-state index in [1.165, 1.54) is 6.42 Å². The summed E-state index contributed by atoms with van der Waals surface area (Å²) in [5.41, 5.74) is 2.96. The van der Waals surface area contributed by atoms with Gasteiger partial charge in [0.15, 0.2) is 0 Å². The molecule has 0 N–H and O–H groups in total. The van der Waals surface area contributed by atoms with E-state index in [1.807, 2.05) is 25.7 Å². The highest BCUT2D eigenvalue weighted by Crippen LogP contribution is 2.22. The molecule has 114 valence electrons. The number of likely N-dealkylation sites (tertiary alicyclic amines) is 1. The summed E-state index contributed by atoms with van der Waals surface area (Å²) in [7, 11) is -1.32. The predicted molar refractivity (Wildman–Crippen MR) is 86.3 cm³/mol. The third-order valence-corrected chi connectivity index (χ3v) is 3.98. The summed E-state index contributed by atoms with van der Waals surface area (Å²) < 4.78 is 5.50. The number of amides is 1. The molecule has 1 saturated heterocycles. The van der Waals surface area contributed by atoms with Crippen molar-refractivity contribution in [3.05, 3.63) is 0 Å². The van der Waals surface area contributed by atoms with Gasteiger partial charge in [0.25, 0.3) is 0 Å². The van der Waals surface area contributed by atoms with Crippen LogP contribution < -0.4 is 0 Å². The summed E-state index contributed by atoms with van der Waals surface area (Å²) in [6.07, 6.45) is 3.89. The molecule has 4 heteroatoms. The number of piperidine rings is 1. The van der Waals surface area contributed by atoms with E-state index in [2.05, 4.69) is 31.1 Å². The molecule has 0 aliphatic carbocycles. The number of hydrogen-bond donors (Lipinski definition) is 0. The predicted octanol–water partition coefficient (Wildman–Crippen LogP) is 4.05. The molecule has 0 radical (unpaired) electrons. The lowest BCUT2D eigenvalue weighted by Gasteiger charge is -2.36. The molecular weight excluding hydrogens is 266 g/mol. The van der Waals surface area contributed by atoms with Crippen molar-refractivity contribution in [2.24, 2.45) is 0 Å². The van der Waals surface area contributed by atoms with Gasteiger partial charge in [0.1, 0.15) is 13.7 Å². The Morgan fingerprint density at radius 2 is 1.95 bits per heavy atom. The number of carbonyl (C=O) groups is 1. The molecule has 20 heavy (non-hydrogen) atoms. The first-order valence-electron chi connectivity index (χ1n) is 7.58. The van der Waals surface area contributed by atoms with Crippen LogP contribution in [-0.2, 0) is 4.74 Å². The largest absolute Gasteiger partial charge is 0.444 e. The summed E-state index contributed by atoms with van der Waals surface area (Å²) in [6.45, 7) is 13.3. The van der Waals surface area contributed by atoms with Gasteiger partial charge in [-0.2, -0.15) is 0 Å². The molecule has 1 aliphatic rings. The maximum atomic E-state index is 12.2. The quantitative estimate of drug-likeness (QED) is 0.539. The van der Waals surface area contributed by atoms with E-state index in [1.54, 1.807) is 0 Å². The van der Waals surface area contributed by atoms with Crippen LogP contribution in [0.25, 0.3) is 0 Å². The lowest BCUT2D eigenvalue weighted by atomic mass is 10.0. The molecule has 0 aromatic rings. The average Bonchev–Trinajstić information content (AvgIpc) is 2.25. The highest BCUT2D eigenvalue weighted by molar-refractivity contribution is 6.83. The number of rotatable bonds is 1. The van der Waals surface area contributed by atoms with Gasteiger partial charge >= 0.3 is 6.09 Å². The van der Waals surface area contributed by atoms with Crippen molar-refractivity contribution in [1.82, 2.24) is 4.90 Å². The third kappa shape index (κ3) is 6.47. The molecule has 1 heterocycles. The van der Waals surface area contributed by atoms with Crippen molar-refractivity contribution < 1.29 is 9.53 Å². The van der Waals surface area contributed by atoms with Crippen LogP contribution in [0.4, 0.5) is 4.79 Å². The van der Waals surface area contributed by atoms with E-state index in [9.17, 15) is 4.79 Å². The maximum absolute atomic E-state index is 12.2. The van der Waals surface area contributed by atoms with E-state index in [0.29, 0.717) is 0 Å². The van der Waals surface area contributed by atoms with Crippen LogP contribution in [0, 0.1) is 11.5 Å². The molecule has 3 nitrogen and oxygen atoms in total. The fraction of sp³-hybridized carbons (Fsp3) is 0.812. The molecule has 1 fully saturated rings. The zero-order chi connectivity index (χ0) is 15.4. The Morgan fingerprint density at radius 1 is 1.30 bits per heavy atom. The van der Waals surface area contributed by atoms with Crippen LogP contribution in [0.5, 0.6) is 0 Å². The van der Waals surface area contributed by atoms with E-state index >= 15 is 0 Å². The lowest BCUT2D eigenvalue weighted by molar-refractivity contribution is 0.0105. The van der Waals surface area contributed by atoms with Gasteiger partial charge in [-0.25, -0.2) is 4.79 Å². The Balaban J connectivity index is 2.66. The van der Waals surface area contributed by atoms with Crippen LogP contribution in [-0.4, -0.2) is 37.3 Å². The summed E-state index contributed by atoms with van der Waals surface area (Å²) in [5.74, 6) is 3.31. The van der Waals surface area contributed by atoms with Crippen molar-refractivity contribution in [2.45, 2.75) is 77.7 Å². The fourth-order valence-corrected chi connectivity index (χ4v) is 2.84. The molecule has 0 aromatic heterocycles. The van der Waals surface area contributed by atoms with Gasteiger partial charge < -0.3 is 9.64 Å². The van der Waals surface area contributed by atoms with E-state index in [4.69, 9.17) is 4.74 Å². The molecule has 0 spiro atoms. The maximum Gasteiger partial charge on any atom is 0.410 e. The Kier molecular flexibility index (Phi) is 5.70. The van der Waals surface area contributed by atoms with E-state index < -0.39 is 13.7 Å². The Labute approximate surface area is 125 Å². The molecule has 1 rings (SSSR count). The van der Waals surface area contributed by atoms with Crippen molar-refractivity contribution in [3.8, 4) is 11.5 Å². The van der Waals surface area contributed by atoms with Gasteiger partial charge in [0.2, 0.25) is 0 Å². The summed E-state index contributed by atoms with van der Waals surface area (Å²) in [6, 6.07) is 0.224. The second-order valence-corrected chi connectivity index (χ2v) is 12.3. The fourth-order valence-electron chi connectivity index (χ4n) is 2.21. The van der Waals surface area contributed by atoms with Crippen LogP contribution in [0.15, 0.2) is 0 Å². The molecule has 1 amide bonds. The van der Waals surface area contributed by atoms with Crippen molar-refractivity contribution in [2.75, 3.05) is 6.54 Å². The normalized spacial score (nSPS) is 20.1. The van der Waals surface area contributed by atoms with Crippen molar-refractivity contribution in [3.63, 3.8) is 0 Å². The summed E-state index contributed by atoms with van der Waals surface area (Å²) in [4.78, 5) is 14.1. The minimum absolute atomic E-state index is 0.183. The van der Waals surface area contributed by atoms with Gasteiger partial charge in [-0.05, 0) is 40.0 Å². The lowest BCUT2D eigenvalue weighted by Crippen LogP contribution is -2.46. The average molecular weight is 295 g/mol. The topological polar surface area (TPSA) is 29.5 Å². The standard InChI is InChI=1S/C16H29NO2Si/c1-16(2,3)19-15(18)17-12-8-7-10-14(17)11-9-13-20(4,5)6/h14H,7-8,10-12H2,1-6H3. The van der Waals surface area contributed by atoms with Gasteiger partial charge in [-0.1, -0.05) is 19.6 Å². The second kappa shape index (κ2) is 6.67. The SMILES string of the molecule is CC(C)(C)OC(=O)N1CCCCC1CC#C[Si](C)(C)C. The number of ether oxygens (including phenoxy) is 1. The first kappa shape index (κ1) is 17.1. The Morgan fingerprint density at radius 3 is 2.50 bits per heavy atom. The van der Waals surface area contributed by atoms with Gasteiger partial charge in [-0.15, -0.1) is 11.5 Å². The first-order valence-corrected chi connectivity index (χ1v) is 11.1. The minimum atomic E-state index is -1.32. The molecule has 1 aliphatic heterocycles. The smallest absolute Gasteiger partial charge is 0.410 e. The van der Waals surface area contributed by atoms with E-state index in [0.717, 1.165) is 25.8 Å². The number of carbonyl (C=O) groups excluding carboxylic acids is 1. The monoisotopic (exact) mass is 295 g/mol. The summed E-state index contributed by atoms with van der Waals surface area (Å²) in [5, 5.41) is 0. The molecular formula is C16H29NO2Si. The second-order valence-electron chi connectivity index (χ2n) is 7.58.